The SMILES string of the molecule is COc1ccccc1CNc1cc(C)cc2ncnn12. The van der Waals surface area contributed by atoms with Crippen molar-refractivity contribution in [1.82, 2.24) is 14.6 Å². The Bertz CT molecular complexity index is 736. The minimum atomic E-state index is 0.669. The third-order valence-electron chi connectivity index (χ3n) is 3.18. The summed E-state index contributed by atoms with van der Waals surface area (Å²) < 4.78 is 7.15. The number of pyridine rings is 1. The van der Waals surface area contributed by atoms with Crippen LogP contribution in [0.3, 0.4) is 0 Å². The summed E-state index contributed by atoms with van der Waals surface area (Å²) in [6.07, 6.45) is 1.56. The highest BCUT2D eigenvalue weighted by Crippen LogP contribution is 2.19. The number of rotatable bonds is 4. The molecule has 0 amide bonds. The number of ether oxygens (including phenoxy) is 1. The second-order valence-electron chi connectivity index (χ2n) is 4.61. The number of nitrogens with zero attached hydrogens (tertiary/aromatic N) is 3. The minimum Gasteiger partial charge on any atom is -0.496 e. The third kappa shape index (κ3) is 2.30. The maximum absolute atomic E-state index is 5.36. The Labute approximate surface area is 117 Å². The Morgan fingerprint density at radius 2 is 2.10 bits per heavy atom. The van der Waals surface area contributed by atoms with E-state index in [1.165, 1.54) is 0 Å². The van der Waals surface area contributed by atoms with Crippen molar-refractivity contribution >= 4 is 11.5 Å². The Kier molecular flexibility index (Phi) is 3.25. The van der Waals surface area contributed by atoms with Gasteiger partial charge in [0.05, 0.1) is 7.11 Å². The molecule has 3 aromatic rings. The van der Waals surface area contributed by atoms with Crippen LogP contribution in [-0.4, -0.2) is 21.7 Å². The third-order valence-corrected chi connectivity index (χ3v) is 3.18. The molecule has 0 radical (unpaired) electrons. The van der Waals surface area contributed by atoms with E-state index in [0.717, 1.165) is 28.3 Å². The first-order chi connectivity index (χ1) is 9.78. The molecule has 1 aromatic carbocycles. The molecule has 0 atom stereocenters. The van der Waals surface area contributed by atoms with Gasteiger partial charge in [-0.1, -0.05) is 18.2 Å². The van der Waals surface area contributed by atoms with Crippen molar-refractivity contribution in [2.75, 3.05) is 12.4 Å². The van der Waals surface area contributed by atoms with Crippen LogP contribution in [0.1, 0.15) is 11.1 Å². The predicted molar refractivity (Wildman–Crippen MR) is 78.0 cm³/mol. The molecule has 20 heavy (non-hydrogen) atoms. The van der Waals surface area contributed by atoms with Gasteiger partial charge in [-0.15, -0.1) is 0 Å². The van der Waals surface area contributed by atoms with Crippen LogP contribution in [0.15, 0.2) is 42.7 Å². The summed E-state index contributed by atoms with van der Waals surface area (Å²) in [5, 5.41) is 7.61. The first-order valence-corrected chi connectivity index (χ1v) is 6.44. The summed E-state index contributed by atoms with van der Waals surface area (Å²) >= 11 is 0. The second kappa shape index (κ2) is 5.21. The fourth-order valence-corrected chi connectivity index (χ4v) is 2.22. The predicted octanol–water partition coefficient (Wildman–Crippen LogP) is 2.66. The summed E-state index contributed by atoms with van der Waals surface area (Å²) in [7, 11) is 1.68. The van der Waals surface area contributed by atoms with E-state index in [-0.39, 0.29) is 0 Å². The van der Waals surface area contributed by atoms with Gasteiger partial charge in [0, 0.05) is 12.1 Å². The summed E-state index contributed by atoms with van der Waals surface area (Å²) in [5.74, 6) is 1.80. The van der Waals surface area contributed by atoms with Gasteiger partial charge in [0.25, 0.3) is 0 Å². The van der Waals surface area contributed by atoms with Crippen LogP contribution in [0.25, 0.3) is 5.65 Å². The molecule has 0 spiro atoms. The van der Waals surface area contributed by atoms with Gasteiger partial charge in [-0.2, -0.15) is 9.61 Å². The summed E-state index contributed by atoms with van der Waals surface area (Å²) in [4.78, 5) is 4.22. The Morgan fingerprint density at radius 1 is 1.25 bits per heavy atom. The molecule has 0 aliphatic heterocycles. The Balaban J connectivity index is 1.88. The van der Waals surface area contributed by atoms with Crippen LogP contribution in [0, 0.1) is 6.92 Å². The van der Waals surface area contributed by atoms with Gasteiger partial charge in [0.1, 0.15) is 17.9 Å². The molecule has 5 nitrogen and oxygen atoms in total. The lowest BCUT2D eigenvalue weighted by Gasteiger charge is -2.11. The van der Waals surface area contributed by atoms with Gasteiger partial charge in [-0.3, -0.25) is 0 Å². The number of hydrogen-bond acceptors (Lipinski definition) is 4. The number of para-hydroxylation sites is 1. The van der Waals surface area contributed by atoms with Crippen LogP contribution in [0.5, 0.6) is 5.75 Å². The molecule has 102 valence electrons. The quantitative estimate of drug-likeness (QED) is 0.790. The van der Waals surface area contributed by atoms with Gasteiger partial charge in [0.2, 0.25) is 0 Å². The zero-order valence-corrected chi connectivity index (χ0v) is 11.5. The normalized spacial score (nSPS) is 10.7. The lowest BCUT2D eigenvalue weighted by atomic mass is 10.2. The number of aryl methyl sites for hydroxylation is 1. The standard InChI is InChI=1S/C15H16N4O/c1-11-7-14(19-15(8-11)17-10-18-19)16-9-12-5-3-4-6-13(12)20-2/h3-8,10,16H,9H2,1-2H3. The molecule has 0 aliphatic rings. The van der Waals surface area contributed by atoms with E-state index >= 15 is 0 Å². The average molecular weight is 268 g/mol. The minimum absolute atomic E-state index is 0.669. The number of nitrogens with one attached hydrogen (secondary N) is 1. The van der Waals surface area contributed by atoms with Gasteiger partial charge in [-0.05, 0) is 30.7 Å². The van der Waals surface area contributed by atoms with E-state index in [1.54, 1.807) is 18.0 Å². The summed E-state index contributed by atoms with van der Waals surface area (Å²) in [5.41, 5.74) is 3.09. The molecule has 0 saturated carbocycles. The van der Waals surface area contributed by atoms with Gasteiger partial charge < -0.3 is 10.1 Å². The zero-order chi connectivity index (χ0) is 13.9. The zero-order valence-electron chi connectivity index (χ0n) is 11.5. The maximum atomic E-state index is 5.36. The van der Waals surface area contributed by atoms with Crippen LogP contribution in [0.4, 0.5) is 5.82 Å². The van der Waals surface area contributed by atoms with Crippen molar-refractivity contribution < 1.29 is 4.74 Å². The highest BCUT2D eigenvalue weighted by atomic mass is 16.5. The molecule has 0 unspecified atom stereocenters. The van der Waals surface area contributed by atoms with E-state index in [2.05, 4.69) is 21.5 Å². The van der Waals surface area contributed by atoms with Crippen molar-refractivity contribution in [2.45, 2.75) is 13.5 Å². The van der Waals surface area contributed by atoms with Gasteiger partial charge in [-0.25, -0.2) is 4.98 Å². The maximum Gasteiger partial charge on any atom is 0.157 e. The van der Waals surface area contributed by atoms with Crippen LogP contribution < -0.4 is 10.1 Å². The van der Waals surface area contributed by atoms with Crippen molar-refractivity contribution in [1.29, 1.82) is 0 Å². The Morgan fingerprint density at radius 3 is 2.95 bits per heavy atom. The van der Waals surface area contributed by atoms with E-state index < -0.39 is 0 Å². The molecule has 0 saturated heterocycles. The van der Waals surface area contributed by atoms with E-state index in [0.29, 0.717) is 6.54 Å². The molecular weight excluding hydrogens is 252 g/mol. The average Bonchev–Trinajstić information content (AvgIpc) is 2.93. The first-order valence-electron chi connectivity index (χ1n) is 6.44. The molecule has 3 rings (SSSR count). The number of fused-ring (bicyclic) bond motifs is 1. The molecule has 0 fully saturated rings. The number of anilines is 1. The van der Waals surface area contributed by atoms with Crippen LogP contribution in [-0.2, 0) is 6.54 Å². The number of methoxy groups -OCH3 is 1. The van der Waals surface area contributed by atoms with E-state index in [9.17, 15) is 0 Å². The number of aromatic nitrogens is 3. The molecule has 1 N–H and O–H groups in total. The lowest BCUT2D eigenvalue weighted by Crippen LogP contribution is -2.06. The van der Waals surface area contributed by atoms with Gasteiger partial charge in [0.15, 0.2) is 5.65 Å². The highest BCUT2D eigenvalue weighted by Gasteiger charge is 2.06. The van der Waals surface area contributed by atoms with Crippen LogP contribution in [0.2, 0.25) is 0 Å². The molecule has 5 heteroatoms. The first kappa shape index (κ1) is 12.5. The van der Waals surface area contributed by atoms with E-state index in [4.69, 9.17) is 4.74 Å². The van der Waals surface area contributed by atoms with Crippen molar-refractivity contribution in [3.05, 3.63) is 53.9 Å². The lowest BCUT2D eigenvalue weighted by molar-refractivity contribution is 0.410. The summed E-state index contributed by atoms with van der Waals surface area (Å²) in [6.45, 7) is 2.71. The Hall–Kier alpha value is -2.56. The van der Waals surface area contributed by atoms with Crippen LogP contribution >= 0.6 is 0 Å². The number of hydrogen-bond donors (Lipinski definition) is 1. The molecule has 2 aromatic heterocycles. The van der Waals surface area contributed by atoms with Crippen molar-refractivity contribution in [2.24, 2.45) is 0 Å². The number of benzene rings is 1. The van der Waals surface area contributed by atoms with E-state index in [1.807, 2.05) is 37.3 Å². The molecule has 0 bridgehead atoms. The topological polar surface area (TPSA) is 51.5 Å². The largest absolute Gasteiger partial charge is 0.496 e. The molecular formula is C15H16N4O. The van der Waals surface area contributed by atoms with Crippen molar-refractivity contribution in [3.8, 4) is 5.75 Å². The smallest absolute Gasteiger partial charge is 0.157 e. The second-order valence-corrected chi connectivity index (χ2v) is 4.61. The fraction of sp³-hybridized carbons (Fsp3) is 0.200. The molecule has 0 aliphatic carbocycles. The monoisotopic (exact) mass is 268 g/mol. The van der Waals surface area contributed by atoms with Gasteiger partial charge >= 0.3 is 0 Å². The van der Waals surface area contributed by atoms with Crippen molar-refractivity contribution in [3.63, 3.8) is 0 Å². The molecule has 2 heterocycles. The summed E-state index contributed by atoms with van der Waals surface area (Å²) in [6, 6.07) is 12.0. The highest BCUT2D eigenvalue weighted by molar-refractivity contribution is 5.52. The fourth-order valence-electron chi connectivity index (χ4n) is 2.22.